The normalized spacial score (nSPS) is 16.6. The van der Waals surface area contributed by atoms with Crippen molar-refractivity contribution in [3.63, 3.8) is 0 Å². The highest BCUT2D eigenvalue weighted by Crippen LogP contribution is 2.29. The Bertz CT molecular complexity index is 516. The fourth-order valence-corrected chi connectivity index (χ4v) is 2.18. The Hall–Kier alpha value is -2.05. The molecule has 1 fully saturated rings. The first-order valence-corrected chi connectivity index (χ1v) is 6.61. The van der Waals surface area contributed by atoms with Gasteiger partial charge in [-0.15, -0.1) is 0 Å². The average Bonchev–Trinajstić information content (AvgIpc) is 2.41. The van der Waals surface area contributed by atoms with Gasteiger partial charge < -0.3 is 10.6 Å². The van der Waals surface area contributed by atoms with Crippen molar-refractivity contribution in [1.29, 1.82) is 0 Å². The molecular formula is C14H15F3N2O2. The molecule has 0 saturated heterocycles. The maximum absolute atomic E-state index is 12.4. The molecule has 4 nitrogen and oxygen atoms in total. The molecular weight excluding hydrogens is 285 g/mol. The van der Waals surface area contributed by atoms with E-state index in [1.54, 1.807) is 0 Å². The van der Waals surface area contributed by atoms with Crippen LogP contribution in [0.4, 0.5) is 23.7 Å². The molecule has 1 aliphatic carbocycles. The van der Waals surface area contributed by atoms with Crippen LogP contribution in [0, 0.1) is 0 Å². The highest BCUT2D eigenvalue weighted by molar-refractivity contribution is 5.89. The summed E-state index contributed by atoms with van der Waals surface area (Å²) in [7, 11) is 0. The number of urea groups is 1. The Balaban J connectivity index is 1.86. The molecule has 21 heavy (non-hydrogen) atoms. The van der Waals surface area contributed by atoms with Crippen molar-refractivity contribution in [3.05, 3.63) is 29.8 Å². The topological polar surface area (TPSA) is 58.2 Å². The number of amides is 2. The monoisotopic (exact) mass is 300 g/mol. The maximum Gasteiger partial charge on any atom is 0.416 e. The molecule has 0 atom stereocenters. The number of ketones is 1. The molecule has 0 aromatic heterocycles. The maximum atomic E-state index is 12.4. The highest BCUT2D eigenvalue weighted by atomic mass is 19.4. The SMILES string of the molecule is O=C1CCC(NC(=O)Nc2ccc(C(F)(F)F)cc2)CC1. The molecule has 0 bridgehead atoms. The van der Waals surface area contributed by atoms with E-state index >= 15 is 0 Å². The molecule has 0 unspecified atom stereocenters. The van der Waals surface area contributed by atoms with E-state index in [4.69, 9.17) is 0 Å². The Labute approximate surface area is 119 Å². The standard InChI is InChI=1S/C14H15F3N2O2/c15-14(16,17)9-1-3-10(4-2-9)18-13(21)19-11-5-7-12(20)8-6-11/h1-4,11H,5-8H2,(H2,18,19,21). The number of nitrogens with one attached hydrogen (secondary N) is 2. The summed E-state index contributed by atoms with van der Waals surface area (Å²) >= 11 is 0. The van der Waals surface area contributed by atoms with Crippen molar-refractivity contribution in [1.82, 2.24) is 5.32 Å². The van der Waals surface area contributed by atoms with Crippen molar-refractivity contribution in [2.45, 2.75) is 37.9 Å². The molecule has 1 saturated carbocycles. The number of rotatable bonds is 2. The minimum atomic E-state index is -4.39. The van der Waals surface area contributed by atoms with Gasteiger partial charge in [0, 0.05) is 24.6 Å². The zero-order valence-electron chi connectivity index (χ0n) is 11.2. The second-order valence-electron chi connectivity index (χ2n) is 4.99. The van der Waals surface area contributed by atoms with E-state index in [-0.39, 0.29) is 17.5 Å². The number of anilines is 1. The van der Waals surface area contributed by atoms with Crippen LogP contribution in [-0.4, -0.2) is 17.9 Å². The third-order valence-corrected chi connectivity index (χ3v) is 3.35. The lowest BCUT2D eigenvalue weighted by atomic mass is 9.94. The lowest BCUT2D eigenvalue weighted by molar-refractivity contribution is -0.137. The third-order valence-electron chi connectivity index (χ3n) is 3.35. The summed E-state index contributed by atoms with van der Waals surface area (Å²) in [4.78, 5) is 22.8. The number of benzene rings is 1. The van der Waals surface area contributed by atoms with Crippen LogP contribution in [-0.2, 0) is 11.0 Å². The first-order valence-electron chi connectivity index (χ1n) is 6.61. The summed E-state index contributed by atoms with van der Waals surface area (Å²) in [5, 5.41) is 5.19. The Kier molecular flexibility index (Phi) is 4.50. The molecule has 0 radical (unpaired) electrons. The van der Waals surface area contributed by atoms with Crippen LogP contribution < -0.4 is 10.6 Å². The van der Waals surface area contributed by atoms with Gasteiger partial charge in [0.05, 0.1) is 5.56 Å². The zero-order chi connectivity index (χ0) is 15.5. The van der Waals surface area contributed by atoms with Gasteiger partial charge >= 0.3 is 12.2 Å². The van der Waals surface area contributed by atoms with Crippen LogP contribution in [0.3, 0.4) is 0 Å². The predicted molar refractivity (Wildman–Crippen MR) is 70.9 cm³/mol. The summed E-state index contributed by atoms with van der Waals surface area (Å²) in [6.45, 7) is 0. The van der Waals surface area contributed by atoms with Gasteiger partial charge in [0.15, 0.2) is 0 Å². The van der Waals surface area contributed by atoms with Gasteiger partial charge in [-0.05, 0) is 37.1 Å². The largest absolute Gasteiger partial charge is 0.416 e. The molecule has 2 amide bonds. The second kappa shape index (κ2) is 6.15. The summed E-state index contributed by atoms with van der Waals surface area (Å²) < 4.78 is 37.2. The van der Waals surface area contributed by atoms with Crippen molar-refractivity contribution in [2.75, 3.05) is 5.32 Å². The van der Waals surface area contributed by atoms with Crippen LogP contribution in [0.2, 0.25) is 0 Å². The summed E-state index contributed by atoms with van der Waals surface area (Å²) in [6.07, 6.45) is -2.30. The smallest absolute Gasteiger partial charge is 0.335 e. The number of carbonyl (C=O) groups is 2. The molecule has 1 aliphatic rings. The Morgan fingerprint density at radius 2 is 1.67 bits per heavy atom. The van der Waals surface area contributed by atoms with Crippen molar-refractivity contribution < 1.29 is 22.8 Å². The first kappa shape index (κ1) is 15.3. The third kappa shape index (κ3) is 4.47. The first-order chi connectivity index (χ1) is 9.84. The molecule has 7 heteroatoms. The minimum absolute atomic E-state index is 0.0721. The average molecular weight is 300 g/mol. The lowest BCUT2D eigenvalue weighted by Crippen LogP contribution is -2.40. The van der Waals surface area contributed by atoms with E-state index in [0.717, 1.165) is 12.1 Å². The Morgan fingerprint density at radius 1 is 1.10 bits per heavy atom. The summed E-state index contributed by atoms with van der Waals surface area (Å²) in [6, 6.07) is 3.68. The quantitative estimate of drug-likeness (QED) is 0.880. The summed E-state index contributed by atoms with van der Waals surface area (Å²) in [5.41, 5.74) is -0.480. The van der Waals surface area contributed by atoms with Crippen molar-refractivity contribution in [2.24, 2.45) is 0 Å². The highest BCUT2D eigenvalue weighted by Gasteiger charge is 2.30. The van der Waals surface area contributed by atoms with E-state index in [1.807, 2.05) is 0 Å². The molecule has 0 spiro atoms. The van der Waals surface area contributed by atoms with E-state index in [0.29, 0.717) is 25.7 Å². The van der Waals surface area contributed by atoms with Gasteiger partial charge in [0.1, 0.15) is 5.78 Å². The van der Waals surface area contributed by atoms with E-state index in [9.17, 15) is 22.8 Å². The Morgan fingerprint density at radius 3 is 2.19 bits per heavy atom. The number of carbonyl (C=O) groups excluding carboxylic acids is 2. The fraction of sp³-hybridized carbons (Fsp3) is 0.429. The molecule has 0 heterocycles. The van der Waals surface area contributed by atoms with Gasteiger partial charge in [-0.2, -0.15) is 13.2 Å². The predicted octanol–water partition coefficient (Wildman–Crippen LogP) is 3.34. The molecule has 0 aliphatic heterocycles. The van der Waals surface area contributed by atoms with Crippen LogP contribution in [0.1, 0.15) is 31.2 Å². The van der Waals surface area contributed by atoms with Gasteiger partial charge in [-0.1, -0.05) is 0 Å². The van der Waals surface area contributed by atoms with Crippen LogP contribution in [0.5, 0.6) is 0 Å². The fourth-order valence-electron chi connectivity index (χ4n) is 2.18. The van der Waals surface area contributed by atoms with E-state index in [2.05, 4.69) is 10.6 Å². The molecule has 114 valence electrons. The molecule has 1 aromatic carbocycles. The molecule has 2 N–H and O–H groups in total. The van der Waals surface area contributed by atoms with Crippen LogP contribution in [0.15, 0.2) is 24.3 Å². The number of hydrogen-bond acceptors (Lipinski definition) is 2. The van der Waals surface area contributed by atoms with E-state index < -0.39 is 17.8 Å². The molecule has 2 rings (SSSR count). The van der Waals surface area contributed by atoms with Gasteiger partial charge in [-0.3, -0.25) is 4.79 Å². The number of hydrogen-bond donors (Lipinski definition) is 2. The number of halogens is 3. The van der Waals surface area contributed by atoms with Gasteiger partial charge in [0.2, 0.25) is 0 Å². The van der Waals surface area contributed by atoms with E-state index in [1.165, 1.54) is 12.1 Å². The summed E-state index contributed by atoms with van der Waals surface area (Å²) in [5.74, 6) is 0.191. The van der Waals surface area contributed by atoms with Gasteiger partial charge in [0.25, 0.3) is 0 Å². The number of alkyl halides is 3. The van der Waals surface area contributed by atoms with Crippen LogP contribution >= 0.6 is 0 Å². The van der Waals surface area contributed by atoms with Gasteiger partial charge in [-0.25, -0.2) is 4.79 Å². The second-order valence-corrected chi connectivity index (χ2v) is 4.99. The number of Topliss-reactive ketones (excluding diaryl/α,β-unsaturated/α-hetero) is 1. The minimum Gasteiger partial charge on any atom is -0.335 e. The molecule has 1 aromatic rings. The van der Waals surface area contributed by atoms with Crippen molar-refractivity contribution >= 4 is 17.5 Å². The lowest BCUT2D eigenvalue weighted by Gasteiger charge is -2.22. The van der Waals surface area contributed by atoms with Crippen molar-refractivity contribution in [3.8, 4) is 0 Å². The van der Waals surface area contributed by atoms with Crippen LogP contribution in [0.25, 0.3) is 0 Å². The zero-order valence-corrected chi connectivity index (χ0v) is 11.2.